The van der Waals surface area contributed by atoms with E-state index in [0.717, 1.165) is 24.6 Å². The quantitative estimate of drug-likeness (QED) is 0.0699. The third-order valence-electron chi connectivity index (χ3n) is 5.25. The first-order valence-corrected chi connectivity index (χ1v) is 13.3. The van der Waals surface area contributed by atoms with Gasteiger partial charge in [-0.1, -0.05) is 125 Å². The second kappa shape index (κ2) is 24.7. The minimum absolute atomic E-state index is 0.0356. The van der Waals surface area contributed by atoms with E-state index in [4.69, 9.17) is 4.74 Å². The average molecular weight is 460 g/mol. The maximum Gasteiger partial charge on any atom is 0.306 e. The van der Waals surface area contributed by atoms with Crippen LogP contribution in [0.15, 0.2) is 12.2 Å². The first-order chi connectivity index (χ1) is 13.8. The highest BCUT2D eigenvalue weighted by atomic mass is 79.9. The van der Waals surface area contributed by atoms with Gasteiger partial charge in [-0.15, -0.1) is 0 Å². The summed E-state index contributed by atoms with van der Waals surface area (Å²) in [4.78, 5) is 11.7. The zero-order valence-corrected chi connectivity index (χ0v) is 20.3. The van der Waals surface area contributed by atoms with E-state index in [2.05, 4.69) is 28.9 Å². The molecule has 0 aliphatic rings. The first-order valence-electron chi connectivity index (χ1n) is 12.2. The van der Waals surface area contributed by atoms with E-state index in [1.165, 1.54) is 96.3 Å². The van der Waals surface area contributed by atoms with Gasteiger partial charge in [0.25, 0.3) is 0 Å². The van der Waals surface area contributed by atoms with Crippen LogP contribution in [0.2, 0.25) is 0 Å². The van der Waals surface area contributed by atoms with E-state index in [-0.39, 0.29) is 5.97 Å². The summed E-state index contributed by atoms with van der Waals surface area (Å²) in [5.74, 6) is -0.0356. The molecule has 0 atom stereocenters. The van der Waals surface area contributed by atoms with Gasteiger partial charge in [-0.3, -0.25) is 4.79 Å². The van der Waals surface area contributed by atoms with Crippen molar-refractivity contribution in [2.24, 2.45) is 0 Å². The molecular weight excluding hydrogens is 412 g/mol. The molecule has 0 amide bonds. The first kappa shape index (κ1) is 27.7. The highest BCUT2D eigenvalue weighted by Crippen LogP contribution is 2.12. The van der Waals surface area contributed by atoms with Crippen molar-refractivity contribution in [3.63, 3.8) is 0 Å². The molecule has 0 aromatic rings. The Morgan fingerprint density at radius 2 is 1.18 bits per heavy atom. The van der Waals surface area contributed by atoms with Crippen molar-refractivity contribution in [2.75, 3.05) is 11.9 Å². The molecular formula is C25H47BrO2. The van der Waals surface area contributed by atoms with E-state index in [1.807, 2.05) is 6.08 Å². The van der Waals surface area contributed by atoms with Crippen molar-refractivity contribution in [3.05, 3.63) is 12.2 Å². The number of esters is 1. The van der Waals surface area contributed by atoms with E-state index in [1.54, 1.807) is 0 Å². The highest BCUT2D eigenvalue weighted by molar-refractivity contribution is 9.09. The Kier molecular flexibility index (Phi) is 24.5. The van der Waals surface area contributed by atoms with Gasteiger partial charge in [-0.05, 0) is 25.7 Å². The minimum Gasteiger partial charge on any atom is -0.461 e. The molecule has 2 nitrogen and oxygen atoms in total. The number of ether oxygens (including phenoxy) is 1. The maximum atomic E-state index is 11.7. The van der Waals surface area contributed by atoms with Gasteiger partial charge >= 0.3 is 5.97 Å². The molecule has 0 rings (SSSR count). The Bertz CT molecular complexity index is 341. The fourth-order valence-electron chi connectivity index (χ4n) is 3.40. The molecule has 3 heteroatoms. The van der Waals surface area contributed by atoms with Crippen LogP contribution < -0.4 is 0 Å². The van der Waals surface area contributed by atoms with Gasteiger partial charge < -0.3 is 4.74 Å². The van der Waals surface area contributed by atoms with Crippen LogP contribution in [-0.2, 0) is 9.53 Å². The Labute approximate surface area is 184 Å². The van der Waals surface area contributed by atoms with Crippen LogP contribution in [0.4, 0.5) is 0 Å². The van der Waals surface area contributed by atoms with Gasteiger partial charge in [0, 0.05) is 11.8 Å². The van der Waals surface area contributed by atoms with Crippen molar-refractivity contribution in [1.82, 2.24) is 0 Å². The van der Waals surface area contributed by atoms with E-state index in [0.29, 0.717) is 13.0 Å². The standard InChI is InChI=1S/C25H47BrO2/c1-2-3-4-5-6-7-8-12-15-18-21-24-28-25(27)22-19-16-13-10-9-11-14-17-20-23-26/h18,21H,2-17,19-20,22-24H2,1H3/b21-18-. The molecule has 0 fully saturated rings. The Morgan fingerprint density at radius 3 is 1.75 bits per heavy atom. The summed E-state index contributed by atoms with van der Waals surface area (Å²) in [7, 11) is 0. The smallest absolute Gasteiger partial charge is 0.306 e. The van der Waals surface area contributed by atoms with Crippen LogP contribution in [0.1, 0.15) is 129 Å². The lowest BCUT2D eigenvalue weighted by atomic mass is 10.1. The molecule has 0 aliphatic heterocycles. The number of hydrogen-bond acceptors (Lipinski definition) is 2. The minimum atomic E-state index is -0.0356. The average Bonchev–Trinajstić information content (AvgIpc) is 2.70. The fourth-order valence-corrected chi connectivity index (χ4v) is 3.79. The van der Waals surface area contributed by atoms with Crippen LogP contribution in [0, 0.1) is 0 Å². The summed E-state index contributed by atoms with van der Waals surface area (Å²) >= 11 is 3.47. The van der Waals surface area contributed by atoms with Gasteiger partial charge in [0.05, 0.1) is 0 Å². The molecule has 0 aromatic carbocycles. The molecule has 166 valence electrons. The molecule has 0 spiro atoms. The van der Waals surface area contributed by atoms with Gasteiger partial charge in [-0.25, -0.2) is 0 Å². The van der Waals surface area contributed by atoms with Crippen LogP contribution in [0.5, 0.6) is 0 Å². The Hall–Kier alpha value is -0.310. The Balaban J connectivity index is 3.23. The van der Waals surface area contributed by atoms with Crippen molar-refractivity contribution < 1.29 is 9.53 Å². The van der Waals surface area contributed by atoms with Crippen molar-refractivity contribution in [1.29, 1.82) is 0 Å². The fraction of sp³-hybridized carbons (Fsp3) is 0.880. The normalized spacial score (nSPS) is 11.4. The maximum absolute atomic E-state index is 11.7. The Morgan fingerprint density at radius 1 is 0.679 bits per heavy atom. The molecule has 0 aliphatic carbocycles. The lowest BCUT2D eigenvalue weighted by Gasteiger charge is -2.03. The molecule has 0 saturated carbocycles. The summed E-state index contributed by atoms with van der Waals surface area (Å²) in [5, 5.41) is 1.14. The van der Waals surface area contributed by atoms with Crippen LogP contribution in [-0.4, -0.2) is 17.9 Å². The summed E-state index contributed by atoms with van der Waals surface area (Å²) in [6, 6.07) is 0. The number of rotatable bonds is 22. The van der Waals surface area contributed by atoms with E-state index in [9.17, 15) is 4.79 Å². The largest absolute Gasteiger partial charge is 0.461 e. The van der Waals surface area contributed by atoms with Crippen LogP contribution in [0.3, 0.4) is 0 Å². The number of alkyl halides is 1. The van der Waals surface area contributed by atoms with Crippen LogP contribution in [0.25, 0.3) is 0 Å². The third kappa shape index (κ3) is 23.7. The van der Waals surface area contributed by atoms with Gasteiger partial charge in [-0.2, -0.15) is 0 Å². The lowest BCUT2D eigenvalue weighted by molar-refractivity contribution is -0.142. The summed E-state index contributed by atoms with van der Waals surface area (Å²) in [5.41, 5.74) is 0. The summed E-state index contributed by atoms with van der Waals surface area (Å²) in [6.45, 7) is 2.71. The number of unbranched alkanes of at least 4 members (excludes halogenated alkanes) is 16. The number of carbonyl (C=O) groups excluding carboxylic acids is 1. The SMILES string of the molecule is CCCCCCCCCC/C=C\COC(=O)CCCCCCCCCCCBr. The second-order valence-corrected chi connectivity index (χ2v) is 8.83. The van der Waals surface area contributed by atoms with Crippen molar-refractivity contribution in [2.45, 2.75) is 129 Å². The molecule has 0 radical (unpaired) electrons. The van der Waals surface area contributed by atoms with E-state index < -0.39 is 0 Å². The van der Waals surface area contributed by atoms with Gasteiger partial charge in [0.1, 0.15) is 6.61 Å². The van der Waals surface area contributed by atoms with E-state index >= 15 is 0 Å². The summed E-state index contributed by atoms with van der Waals surface area (Å²) in [6.07, 6.45) is 28.2. The molecule has 0 aromatic heterocycles. The third-order valence-corrected chi connectivity index (χ3v) is 5.81. The predicted molar refractivity (Wildman–Crippen MR) is 127 cm³/mol. The van der Waals surface area contributed by atoms with Gasteiger partial charge in [0.15, 0.2) is 0 Å². The molecule has 0 bridgehead atoms. The van der Waals surface area contributed by atoms with Crippen molar-refractivity contribution >= 4 is 21.9 Å². The number of halogens is 1. The second-order valence-electron chi connectivity index (χ2n) is 8.04. The number of allylic oxidation sites excluding steroid dienone is 1. The summed E-state index contributed by atoms with van der Waals surface area (Å²) < 4.78 is 5.28. The molecule has 0 N–H and O–H groups in total. The molecule has 0 saturated heterocycles. The van der Waals surface area contributed by atoms with Crippen LogP contribution >= 0.6 is 15.9 Å². The van der Waals surface area contributed by atoms with Gasteiger partial charge in [0.2, 0.25) is 0 Å². The zero-order chi connectivity index (χ0) is 20.5. The predicted octanol–water partition coefficient (Wildman–Crippen LogP) is 8.91. The number of hydrogen-bond donors (Lipinski definition) is 0. The zero-order valence-electron chi connectivity index (χ0n) is 18.7. The monoisotopic (exact) mass is 458 g/mol. The molecule has 28 heavy (non-hydrogen) atoms. The topological polar surface area (TPSA) is 26.3 Å². The lowest BCUT2D eigenvalue weighted by Crippen LogP contribution is -2.03. The molecule has 0 heterocycles. The highest BCUT2D eigenvalue weighted by Gasteiger charge is 2.01. The molecule has 0 unspecified atom stereocenters. The van der Waals surface area contributed by atoms with Crippen molar-refractivity contribution in [3.8, 4) is 0 Å². The number of carbonyl (C=O) groups is 1.